The highest BCUT2D eigenvalue weighted by Gasteiger charge is 2.39. The Balaban J connectivity index is 2.65. The zero-order valence-electron chi connectivity index (χ0n) is 6.96. The Morgan fingerprint density at radius 3 is 2.33 bits per heavy atom. The van der Waals surface area contributed by atoms with Crippen molar-refractivity contribution >= 4 is 0 Å². The molecule has 0 amide bonds. The second kappa shape index (κ2) is 3.68. The fraction of sp³-hybridized carbons (Fsp3) is 1.00. The van der Waals surface area contributed by atoms with Crippen LogP contribution in [0.3, 0.4) is 0 Å². The maximum absolute atomic E-state index is 9.37. The van der Waals surface area contributed by atoms with E-state index >= 15 is 0 Å². The van der Waals surface area contributed by atoms with Gasteiger partial charge in [0.1, 0.15) is 12.2 Å². The standard InChI is InChI=1S/C7H15NO4/c1-8-2-5(10)7(12)6(11)4(8)3-9/h4-7,9-12H,2-3H2,1H3/t4-,5-,6-,7-/m1/s1. The minimum atomic E-state index is -1.15. The maximum Gasteiger partial charge on any atom is 0.109 e. The van der Waals surface area contributed by atoms with Gasteiger partial charge in [-0.1, -0.05) is 0 Å². The predicted molar refractivity (Wildman–Crippen MR) is 41.5 cm³/mol. The third-order valence-electron chi connectivity index (χ3n) is 2.37. The summed E-state index contributed by atoms with van der Waals surface area (Å²) in [6.07, 6.45) is -3.17. The average molecular weight is 177 g/mol. The lowest BCUT2D eigenvalue weighted by molar-refractivity contribution is -0.138. The molecule has 1 fully saturated rings. The van der Waals surface area contributed by atoms with Crippen LogP contribution in [0.2, 0.25) is 0 Å². The number of aliphatic hydroxyl groups is 4. The Hall–Kier alpha value is -0.200. The van der Waals surface area contributed by atoms with Gasteiger partial charge in [0.2, 0.25) is 0 Å². The lowest BCUT2D eigenvalue weighted by atomic mass is 9.95. The molecule has 72 valence electrons. The van der Waals surface area contributed by atoms with Crippen LogP contribution in [0.25, 0.3) is 0 Å². The lowest BCUT2D eigenvalue weighted by Gasteiger charge is -2.40. The second-order valence-corrected chi connectivity index (χ2v) is 3.24. The van der Waals surface area contributed by atoms with Crippen LogP contribution in [0, 0.1) is 0 Å². The van der Waals surface area contributed by atoms with Gasteiger partial charge in [0.05, 0.1) is 18.8 Å². The summed E-state index contributed by atoms with van der Waals surface area (Å²) in [6, 6.07) is -0.483. The van der Waals surface area contributed by atoms with E-state index in [2.05, 4.69) is 0 Å². The molecule has 0 bridgehead atoms. The molecule has 0 aromatic carbocycles. The van der Waals surface area contributed by atoms with Crippen LogP contribution in [-0.2, 0) is 0 Å². The van der Waals surface area contributed by atoms with Gasteiger partial charge in [-0.05, 0) is 7.05 Å². The summed E-state index contributed by atoms with van der Waals surface area (Å²) in [5.74, 6) is 0. The van der Waals surface area contributed by atoms with Crippen molar-refractivity contribution in [3.05, 3.63) is 0 Å². The zero-order valence-corrected chi connectivity index (χ0v) is 6.96. The van der Waals surface area contributed by atoms with Gasteiger partial charge in [-0.3, -0.25) is 4.90 Å². The van der Waals surface area contributed by atoms with E-state index in [1.807, 2.05) is 0 Å². The summed E-state index contributed by atoms with van der Waals surface area (Å²) in [4.78, 5) is 1.63. The smallest absolute Gasteiger partial charge is 0.109 e. The van der Waals surface area contributed by atoms with E-state index in [4.69, 9.17) is 5.11 Å². The summed E-state index contributed by atoms with van der Waals surface area (Å²) < 4.78 is 0. The first-order valence-corrected chi connectivity index (χ1v) is 3.93. The molecule has 1 heterocycles. The van der Waals surface area contributed by atoms with E-state index in [-0.39, 0.29) is 13.2 Å². The summed E-state index contributed by atoms with van der Waals surface area (Å²) in [5.41, 5.74) is 0. The van der Waals surface area contributed by atoms with E-state index in [1.165, 1.54) is 0 Å². The molecule has 1 saturated heterocycles. The van der Waals surface area contributed by atoms with Gasteiger partial charge in [-0.25, -0.2) is 0 Å². The first-order valence-electron chi connectivity index (χ1n) is 3.93. The Morgan fingerprint density at radius 2 is 1.83 bits per heavy atom. The monoisotopic (exact) mass is 177 g/mol. The Bertz CT molecular complexity index is 154. The minimum Gasteiger partial charge on any atom is -0.395 e. The molecule has 0 aliphatic carbocycles. The number of piperidine rings is 1. The predicted octanol–water partition coefficient (Wildman–Crippen LogP) is -2.62. The van der Waals surface area contributed by atoms with Crippen molar-refractivity contribution in [2.45, 2.75) is 24.4 Å². The number of β-amino-alcohol motifs (C(OH)–C–C–N with tert-alkyl or cyclic N) is 1. The largest absolute Gasteiger partial charge is 0.395 e. The van der Waals surface area contributed by atoms with Crippen molar-refractivity contribution in [1.29, 1.82) is 0 Å². The maximum atomic E-state index is 9.37. The molecule has 0 spiro atoms. The van der Waals surface area contributed by atoms with Gasteiger partial charge >= 0.3 is 0 Å². The molecule has 5 nitrogen and oxygen atoms in total. The topological polar surface area (TPSA) is 84.2 Å². The van der Waals surface area contributed by atoms with Gasteiger partial charge in [0, 0.05) is 6.54 Å². The summed E-state index contributed by atoms with van der Waals surface area (Å²) in [5, 5.41) is 36.6. The molecular weight excluding hydrogens is 162 g/mol. The van der Waals surface area contributed by atoms with Crippen LogP contribution in [0.4, 0.5) is 0 Å². The Labute approximate surface area is 70.9 Å². The first kappa shape index (κ1) is 9.88. The molecule has 0 saturated carbocycles. The molecule has 0 aromatic rings. The van der Waals surface area contributed by atoms with Crippen LogP contribution in [0.1, 0.15) is 0 Å². The lowest BCUT2D eigenvalue weighted by Crippen LogP contribution is -2.61. The molecule has 4 atom stereocenters. The number of likely N-dealkylation sites (tertiary alicyclic amines) is 1. The summed E-state index contributed by atoms with van der Waals surface area (Å²) >= 11 is 0. The van der Waals surface area contributed by atoms with Gasteiger partial charge in [-0.2, -0.15) is 0 Å². The van der Waals surface area contributed by atoms with Gasteiger partial charge in [-0.15, -0.1) is 0 Å². The molecule has 4 N–H and O–H groups in total. The average Bonchev–Trinajstić information content (AvgIpc) is 2.01. The minimum absolute atomic E-state index is 0.221. The molecule has 0 radical (unpaired) electrons. The molecule has 0 aromatic heterocycles. The van der Waals surface area contributed by atoms with Crippen LogP contribution < -0.4 is 0 Å². The van der Waals surface area contributed by atoms with Crippen molar-refractivity contribution < 1.29 is 20.4 Å². The fourth-order valence-electron chi connectivity index (χ4n) is 1.50. The SMILES string of the molecule is CN1C[C@@H](O)[C@@H](O)[C@H](O)[C@H]1CO. The van der Waals surface area contributed by atoms with Gasteiger partial charge in [0.25, 0.3) is 0 Å². The van der Waals surface area contributed by atoms with Crippen molar-refractivity contribution in [2.75, 3.05) is 20.2 Å². The molecule has 1 rings (SSSR count). The highest BCUT2D eigenvalue weighted by molar-refractivity contribution is 4.92. The second-order valence-electron chi connectivity index (χ2n) is 3.24. The molecular formula is C7H15NO4. The number of hydrogen-bond acceptors (Lipinski definition) is 5. The molecule has 5 heteroatoms. The molecule has 1 aliphatic rings. The Morgan fingerprint density at radius 1 is 1.25 bits per heavy atom. The normalized spacial score (nSPS) is 44.8. The zero-order chi connectivity index (χ0) is 9.30. The fourth-order valence-corrected chi connectivity index (χ4v) is 1.50. The summed E-state index contributed by atoms with van der Waals surface area (Å²) in [6.45, 7) is 0.0465. The third kappa shape index (κ3) is 1.60. The van der Waals surface area contributed by atoms with E-state index in [0.29, 0.717) is 0 Å². The summed E-state index contributed by atoms with van der Waals surface area (Å²) in [7, 11) is 1.68. The number of rotatable bonds is 1. The van der Waals surface area contributed by atoms with Crippen molar-refractivity contribution in [1.82, 2.24) is 4.90 Å². The first-order chi connectivity index (χ1) is 5.57. The van der Waals surface area contributed by atoms with Gasteiger partial charge < -0.3 is 20.4 Å². The van der Waals surface area contributed by atoms with E-state index < -0.39 is 24.4 Å². The molecule has 0 unspecified atom stereocenters. The number of hydrogen-bond donors (Lipinski definition) is 4. The van der Waals surface area contributed by atoms with E-state index in [9.17, 15) is 15.3 Å². The number of nitrogens with zero attached hydrogens (tertiary/aromatic N) is 1. The quantitative estimate of drug-likeness (QED) is 0.352. The molecule has 12 heavy (non-hydrogen) atoms. The molecule has 1 aliphatic heterocycles. The van der Waals surface area contributed by atoms with Crippen LogP contribution >= 0.6 is 0 Å². The van der Waals surface area contributed by atoms with Crippen LogP contribution in [-0.4, -0.2) is 69.9 Å². The number of likely N-dealkylation sites (N-methyl/N-ethyl adjacent to an activating group) is 1. The van der Waals surface area contributed by atoms with Crippen LogP contribution in [0.5, 0.6) is 0 Å². The van der Waals surface area contributed by atoms with Crippen molar-refractivity contribution in [3.8, 4) is 0 Å². The Kier molecular flexibility index (Phi) is 3.03. The van der Waals surface area contributed by atoms with Crippen molar-refractivity contribution in [3.63, 3.8) is 0 Å². The number of aliphatic hydroxyl groups excluding tert-OH is 4. The van der Waals surface area contributed by atoms with Crippen molar-refractivity contribution in [2.24, 2.45) is 0 Å². The third-order valence-corrected chi connectivity index (χ3v) is 2.37. The highest BCUT2D eigenvalue weighted by Crippen LogP contribution is 2.16. The van der Waals surface area contributed by atoms with Crippen LogP contribution in [0.15, 0.2) is 0 Å². The van der Waals surface area contributed by atoms with E-state index in [1.54, 1.807) is 11.9 Å². The van der Waals surface area contributed by atoms with E-state index in [0.717, 1.165) is 0 Å². The van der Waals surface area contributed by atoms with Gasteiger partial charge in [0.15, 0.2) is 0 Å². The highest BCUT2D eigenvalue weighted by atomic mass is 16.4.